The third-order valence-electron chi connectivity index (χ3n) is 3.27. The Morgan fingerprint density at radius 1 is 0.955 bits per heavy atom. The molecule has 0 aliphatic carbocycles. The van der Waals surface area contributed by atoms with E-state index in [-0.39, 0.29) is 15.6 Å². The molecule has 0 bridgehead atoms. The summed E-state index contributed by atoms with van der Waals surface area (Å²) in [5.41, 5.74) is 2.68. The van der Waals surface area contributed by atoms with Crippen molar-refractivity contribution in [3.63, 3.8) is 0 Å². The first-order valence-corrected chi connectivity index (χ1v) is 7.28. The van der Waals surface area contributed by atoms with Crippen LogP contribution in [0.15, 0.2) is 36.4 Å². The van der Waals surface area contributed by atoms with Gasteiger partial charge in [-0.1, -0.05) is 41.4 Å². The molecule has 0 unspecified atom stereocenters. The number of rotatable bonds is 2. The number of benzene rings is 2. The first-order chi connectivity index (χ1) is 10.4. The topological polar surface area (TPSA) is 58.2 Å². The van der Waals surface area contributed by atoms with Crippen LogP contribution >= 0.6 is 23.2 Å². The van der Waals surface area contributed by atoms with Gasteiger partial charge in [-0.15, -0.1) is 0 Å². The molecular weight excluding hydrogens is 323 g/mol. The molecule has 0 aliphatic rings. The van der Waals surface area contributed by atoms with Crippen molar-refractivity contribution in [2.75, 3.05) is 5.32 Å². The van der Waals surface area contributed by atoms with Crippen molar-refractivity contribution in [1.29, 1.82) is 0 Å². The highest BCUT2D eigenvalue weighted by molar-refractivity contribution is 6.40. The second-order valence-corrected chi connectivity index (χ2v) is 5.57. The van der Waals surface area contributed by atoms with Crippen LogP contribution in [0.5, 0.6) is 0 Å². The van der Waals surface area contributed by atoms with Crippen molar-refractivity contribution in [3.8, 4) is 0 Å². The van der Waals surface area contributed by atoms with E-state index in [1.807, 2.05) is 26.0 Å². The van der Waals surface area contributed by atoms with Crippen LogP contribution in [0, 0.1) is 13.8 Å². The Kier molecular flexibility index (Phi) is 5.06. The highest BCUT2D eigenvalue weighted by Gasteiger charge is 2.17. The van der Waals surface area contributed by atoms with Crippen LogP contribution in [0.3, 0.4) is 0 Å². The fraction of sp³-hybridized carbons (Fsp3) is 0.125. The van der Waals surface area contributed by atoms with Crippen LogP contribution in [-0.4, -0.2) is 11.9 Å². The normalized spacial score (nSPS) is 10.2. The van der Waals surface area contributed by atoms with Gasteiger partial charge in [0.2, 0.25) is 0 Å². The summed E-state index contributed by atoms with van der Waals surface area (Å²) in [4.78, 5) is 24.1. The molecule has 2 N–H and O–H groups in total. The molecule has 0 saturated heterocycles. The minimum atomic E-state index is -0.654. The third kappa shape index (κ3) is 3.59. The molecule has 0 spiro atoms. The molecule has 0 aliphatic heterocycles. The first-order valence-electron chi connectivity index (χ1n) is 6.52. The molecule has 0 aromatic heterocycles. The predicted molar refractivity (Wildman–Crippen MR) is 88.9 cm³/mol. The van der Waals surface area contributed by atoms with Crippen LogP contribution in [0.25, 0.3) is 0 Å². The summed E-state index contributed by atoms with van der Waals surface area (Å²) >= 11 is 11.9. The lowest BCUT2D eigenvalue weighted by Gasteiger charge is -2.11. The van der Waals surface area contributed by atoms with E-state index in [1.165, 1.54) is 12.1 Å². The van der Waals surface area contributed by atoms with Gasteiger partial charge in [-0.3, -0.25) is 10.1 Å². The number of urea groups is 1. The van der Waals surface area contributed by atoms with E-state index in [2.05, 4.69) is 10.6 Å². The number of amides is 3. The van der Waals surface area contributed by atoms with Gasteiger partial charge in [0.05, 0.1) is 15.6 Å². The largest absolute Gasteiger partial charge is 0.326 e. The smallest absolute Gasteiger partial charge is 0.307 e. The van der Waals surface area contributed by atoms with Crippen molar-refractivity contribution in [2.24, 2.45) is 0 Å². The Hall–Kier alpha value is -2.04. The molecule has 0 fully saturated rings. The van der Waals surface area contributed by atoms with Gasteiger partial charge in [0.15, 0.2) is 0 Å². The highest BCUT2D eigenvalue weighted by Crippen LogP contribution is 2.24. The average Bonchev–Trinajstić information content (AvgIpc) is 2.43. The van der Waals surface area contributed by atoms with Gasteiger partial charge in [-0.25, -0.2) is 4.79 Å². The standard InChI is InChI=1S/C16H14Cl2N2O2/c1-9-5-3-8-13(10(9)2)19-16(22)20-15(21)14-11(17)6-4-7-12(14)18/h3-8H,1-2H3,(H2,19,20,21,22). The minimum Gasteiger partial charge on any atom is -0.307 e. The SMILES string of the molecule is Cc1cccc(NC(=O)NC(=O)c2c(Cl)cccc2Cl)c1C. The van der Waals surface area contributed by atoms with E-state index in [0.717, 1.165) is 11.1 Å². The quantitative estimate of drug-likeness (QED) is 0.843. The fourth-order valence-electron chi connectivity index (χ4n) is 1.92. The molecule has 2 aromatic rings. The maximum atomic E-state index is 12.1. The van der Waals surface area contributed by atoms with Crippen molar-refractivity contribution < 1.29 is 9.59 Å². The molecule has 3 amide bonds. The summed E-state index contributed by atoms with van der Waals surface area (Å²) < 4.78 is 0. The van der Waals surface area contributed by atoms with E-state index in [4.69, 9.17) is 23.2 Å². The van der Waals surface area contributed by atoms with Gasteiger partial charge in [0.1, 0.15) is 0 Å². The summed E-state index contributed by atoms with van der Waals surface area (Å²) in [6, 6.07) is 9.56. The van der Waals surface area contributed by atoms with Gasteiger partial charge in [-0.05, 0) is 43.2 Å². The number of carbonyl (C=O) groups is 2. The number of nitrogens with one attached hydrogen (secondary N) is 2. The zero-order chi connectivity index (χ0) is 16.3. The Morgan fingerprint density at radius 2 is 1.55 bits per heavy atom. The molecule has 114 valence electrons. The lowest BCUT2D eigenvalue weighted by atomic mass is 10.1. The molecule has 4 nitrogen and oxygen atoms in total. The first kappa shape index (κ1) is 16.3. The average molecular weight is 337 g/mol. The van der Waals surface area contributed by atoms with Crippen molar-refractivity contribution in [2.45, 2.75) is 13.8 Å². The second-order valence-electron chi connectivity index (χ2n) is 4.75. The van der Waals surface area contributed by atoms with Gasteiger partial charge in [0, 0.05) is 5.69 Å². The Balaban J connectivity index is 2.12. The fourth-order valence-corrected chi connectivity index (χ4v) is 2.49. The number of carbonyl (C=O) groups excluding carboxylic acids is 2. The third-order valence-corrected chi connectivity index (χ3v) is 3.90. The number of halogens is 2. The highest BCUT2D eigenvalue weighted by atomic mass is 35.5. The minimum absolute atomic E-state index is 0.0712. The summed E-state index contributed by atoms with van der Waals surface area (Å²) in [7, 11) is 0. The van der Waals surface area contributed by atoms with E-state index in [9.17, 15) is 9.59 Å². The molecule has 0 atom stereocenters. The lowest BCUT2D eigenvalue weighted by Crippen LogP contribution is -2.34. The van der Waals surface area contributed by atoms with Crippen LogP contribution in [0.4, 0.5) is 10.5 Å². The molecule has 0 saturated carbocycles. The van der Waals surface area contributed by atoms with Gasteiger partial charge in [0.25, 0.3) is 5.91 Å². The number of imide groups is 1. The molecule has 0 heterocycles. The van der Waals surface area contributed by atoms with Crippen molar-refractivity contribution >= 4 is 40.8 Å². The molecular formula is C16H14Cl2N2O2. The van der Waals surface area contributed by atoms with Crippen LogP contribution in [0.2, 0.25) is 10.0 Å². The van der Waals surface area contributed by atoms with Crippen LogP contribution < -0.4 is 10.6 Å². The van der Waals surface area contributed by atoms with Crippen LogP contribution in [-0.2, 0) is 0 Å². The Labute approximate surface area is 138 Å². The van der Waals surface area contributed by atoms with Gasteiger partial charge in [-0.2, -0.15) is 0 Å². The summed E-state index contributed by atoms with van der Waals surface area (Å²) in [5.74, 6) is -0.654. The van der Waals surface area contributed by atoms with E-state index >= 15 is 0 Å². The molecule has 22 heavy (non-hydrogen) atoms. The second kappa shape index (κ2) is 6.81. The molecule has 2 aromatic carbocycles. The van der Waals surface area contributed by atoms with E-state index in [0.29, 0.717) is 5.69 Å². The predicted octanol–water partition coefficient (Wildman–Crippen LogP) is 4.57. The maximum Gasteiger partial charge on any atom is 0.326 e. The lowest BCUT2D eigenvalue weighted by molar-refractivity contribution is 0.0967. The zero-order valence-corrected chi connectivity index (χ0v) is 13.5. The monoisotopic (exact) mass is 336 g/mol. The molecule has 6 heteroatoms. The van der Waals surface area contributed by atoms with Gasteiger partial charge >= 0.3 is 6.03 Å². The number of aryl methyl sites for hydroxylation is 1. The Morgan fingerprint density at radius 3 is 2.18 bits per heavy atom. The summed E-state index contributed by atoms with van der Waals surface area (Å²) in [5, 5.41) is 5.22. The number of hydrogen-bond donors (Lipinski definition) is 2. The molecule has 2 rings (SSSR count). The number of anilines is 1. The van der Waals surface area contributed by atoms with E-state index in [1.54, 1.807) is 12.1 Å². The Bertz CT molecular complexity index is 725. The molecule has 0 radical (unpaired) electrons. The van der Waals surface area contributed by atoms with Gasteiger partial charge < -0.3 is 5.32 Å². The maximum absolute atomic E-state index is 12.1. The summed E-state index contributed by atoms with van der Waals surface area (Å²) in [6.45, 7) is 3.82. The summed E-state index contributed by atoms with van der Waals surface area (Å²) in [6.07, 6.45) is 0. The van der Waals surface area contributed by atoms with E-state index < -0.39 is 11.9 Å². The van der Waals surface area contributed by atoms with Crippen LogP contribution in [0.1, 0.15) is 21.5 Å². The van der Waals surface area contributed by atoms with Crippen molar-refractivity contribution in [1.82, 2.24) is 5.32 Å². The number of hydrogen-bond acceptors (Lipinski definition) is 2. The van der Waals surface area contributed by atoms with Crippen molar-refractivity contribution in [3.05, 3.63) is 63.1 Å². The zero-order valence-electron chi connectivity index (χ0n) is 12.0.